The molecule has 0 radical (unpaired) electrons. The van der Waals surface area contributed by atoms with E-state index in [2.05, 4.69) is 11.9 Å². The van der Waals surface area contributed by atoms with Crippen molar-refractivity contribution in [1.29, 1.82) is 0 Å². The van der Waals surface area contributed by atoms with Crippen molar-refractivity contribution >= 4 is 5.91 Å². The van der Waals surface area contributed by atoms with Crippen LogP contribution in [0.15, 0.2) is 43.0 Å². The van der Waals surface area contributed by atoms with Crippen LogP contribution in [0.25, 0.3) is 0 Å². The van der Waals surface area contributed by atoms with E-state index in [1.165, 1.54) is 0 Å². The van der Waals surface area contributed by atoms with Crippen molar-refractivity contribution in [2.75, 3.05) is 6.54 Å². The lowest BCUT2D eigenvalue weighted by Crippen LogP contribution is -2.35. The molecule has 3 nitrogen and oxygen atoms in total. The van der Waals surface area contributed by atoms with Gasteiger partial charge in [0.1, 0.15) is 0 Å². The second kappa shape index (κ2) is 6.08. The zero-order valence-electron chi connectivity index (χ0n) is 9.52. The molecular formula is C13H18N2O. The first-order valence-corrected chi connectivity index (χ1v) is 5.36. The summed E-state index contributed by atoms with van der Waals surface area (Å²) in [6.45, 7) is 5.86. The Labute approximate surface area is 96.3 Å². The number of benzene rings is 1. The van der Waals surface area contributed by atoms with E-state index in [4.69, 9.17) is 5.73 Å². The van der Waals surface area contributed by atoms with E-state index in [0.717, 1.165) is 5.56 Å². The molecule has 0 heterocycles. The number of hydrogen-bond acceptors (Lipinski definition) is 2. The zero-order valence-corrected chi connectivity index (χ0v) is 9.52. The highest BCUT2D eigenvalue weighted by molar-refractivity contribution is 5.79. The average Bonchev–Trinajstić information content (AvgIpc) is 2.35. The molecule has 1 aromatic carbocycles. The van der Waals surface area contributed by atoms with Crippen molar-refractivity contribution < 1.29 is 4.79 Å². The van der Waals surface area contributed by atoms with Crippen molar-refractivity contribution in [3.8, 4) is 0 Å². The smallest absolute Gasteiger partial charge is 0.224 e. The first-order chi connectivity index (χ1) is 7.66. The van der Waals surface area contributed by atoms with Gasteiger partial charge < -0.3 is 11.1 Å². The van der Waals surface area contributed by atoms with E-state index >= 15 is 0 Å². The largest absolute Gasteiger partial charge is 0.352 e. The van der Waals surface area contributed by atoms with Crippen molar-refractivity contribution in [1.82, 2.24) is 5.32 Å². The summed E-state index contributed by atoms with van der Waals surface area (Å²) in [5, 5.41) is 2.75. The Morgan fingerprint density at radius 1 is 1.50 bits per heavy atom. The normalized spacial score (nSPS) is 13.9. The van der Waals surface area contributed by atoms with Crippen molar-refractivity contribution in [2.45, 2.75) is 13.0 Å². The molecule has 0 spiro atoms. The Hall–Kier alpha value is -1.61. The predicted octanol–water partition coefficient (Wildman–Crippen LogP) is 1.62. The summed E-state index contributed by atoms with van der Waals surface area (Å²) >= 11 is 0. The van der Waals surface area contributed by atoms with Gasteiger partial charge in [-0.3, -0.25) is 4.79 Å². The number of hydrogen-bond donors (Lipinski definition) is 2. The molecule has 1 aromatic rings. The van der Waals surface area contributed by atoms with Gasteiger partial charge in [-0.1, -0.05) is 43.3 Å². The van der Waals surface area contributed by atoms with Crippen molar-refractivity contribution in [2.24, 2.45) is 11.7 Å². The molecule has 2 atom stereocenters. The third-order valence-electron chi connectivity index (χ3n) is 2.56. The Morgan fingerprint density at radius 3 is 2.69 bits per heavy atom. The number of nitrogens with one attached hydrogen (secondary N) is 1. The summed E-state index contributed by atoms with van der Waals surface area (Å²) in [6, 6.07) is 9.36. The first-order valence-electron chi connectivity index (χ1n) is 5.36. The Balaban J connectivity index is 2.63. The van der Waals surface area contributed by atoms with E-state index in [0.29, 0.717) is 6.54 Å². The van der Waals surface area contributed by atoms with Crippen LogP contribution in [-0.4, -0.2) is 12.5 Å². The highest BCUT2D eigenvalue weighted by atomic mass is 16.1. The van der Waals surface area contributed by atoms with Gasteiger partial charge in [-0.15, -0.1) is 6.58 Å². The predicted molar refractivity (Wildman–Crippen MR) is 65.7 cm³/mol. The Bertz CT molecular complexity index is 348. The maximum Gasteiger partial charge on any atom is 0.224 e. The summed E-state index contributed by atoms with van der Waals surface area (Å²) in [4.78, 5) is 11.7. The van der Waals surface area contributed by atoms with E-state index in [1.54, 1.807) is 6.08 Å². The van der Waals surface area contributed by atoms with Crippen LogP contribution in [0.2, 0.25) is 0 Å². The lowest BCUT2D eigenvalue weighted by Gasteiger charge is -2.19. The maximum absolute atomic E-state index is 11.7. The SMILES string of the molecule is C=CCNC(=O)C(C)C(N)c1ccccc1. The molecule has 0 aliphatic heterocycles. The number of carbonyl (C=O) groups excluding carboxylic acids is 1. The molecule has 1 amide bonds. The number of amides is 1. The third kappa shape index (κ3) is 3.21. The molecular weight excluding hydrogens is 200 g/mol. The first kappa shape index (κ1) is 12.5. The van der Waals surface area contributed by atoms with E-state index in [1.807, 2.05) is 37.3 Å². The summed E-state index contributed by atoms with van der Waals surface area (Å²) < 4.78 is 0. The van der Waals surface area contributed by atoms with Crippen LogP contribution >= 0.6 is 0 Å². The minimum Gasteiger partial charge on any atom is -0.352 e. The van der Waals surface area contributed by atoms with Gasteiger partial charge in [0.2, 0.25) is 5.91 Å². The summed E-state index contributed by atoms with van der Waals surface area (Å²) in [6.07, 6.45) is 1.65. The summed E-state index contributed by atoms with van der Waals surface area (Å²) in [7, 11) is 0. The highest BCUT2D eigenvalue weighted by Gasteiger charge is 2.21. The molecule has 3 heteroatoms. The molecule has 0 aliphatic rings. The average molecular weight is 218 g/mol. The minimum absolute atomic E-state index is 0.0451. The zero-order chi connectivity index (χ0) is 12.0. The van der Waals surface area contributed by atoms with Crippen LogP contribution in [0.3, 0.4) is 0 Å². The van der Waals surface area contributed by atoms with E-state index in [9.17, 15) is 4.79 Å². The lowest BCUT2D eigenvalue weighted by molar-refractivity contribution is -0.124. The fourth-order valence-electron chi connectivity index (χ4n) is 1.46. The molecule has 0 saturated heterocycles. The van der Waals surface area contributed by atoms with Crippen LogP contribution in [0.4, 0.5) is 0 Å². The summed E-state index contributed by atoms with van der Waals surface area (Å²) in [5.41, 5.74) is 7.00. The second-order valence-corrected chi connectivity index (χ2v) is 3.76. The molecule has 2 unspecified atom stereocenters. The van der Waals surface area contributed by atoms with Crippen LogP contribution in [0.1, 0.15) is 18.5 Å². The fourth-order valence-corrected chi connectivity index (χ4v) is 1.46. The van der Waals surface area contributed by atoms with Gasteiger partial charge in [0.15, 0.2) is 0 Å². The van der Waals surface area contributed by atoms with E-state index in [-0.39, 0.29) is 17.9 Å². The molecule has 0 bridgehead atoms. The van der Waals surface area contributed by atoms with Crippen LogP contribution in [-0.2, 0) is 4.79 Å². The highest BCUT2D eigenvalue weighted by Crippen LogP contribution is 2.18. The molecule has 3 N–H and O–H groups in total. The monoisotopic (exact) mass is 218 g/mol. The molecule has 16 heavy (non-hydrogen) atoms. The van der Waals surface area contributed by atoms with Crippen molar-refractivity contribution in [3.05, 3.63) is 48.6 Å². The van der Waals surface area contributed by atoms with Crippen LogP contribution in [0.5, 0.6) is 0 Å². The van der Waals surface area contributed by atoms with Crippen molar-refractivity contribution in [3.63, 3.8) is 0 Å². The number of carbonyl (C=O) groups is 1. The molecule has 1 rings (SSSR count). The van der Waals surface area contributed by atoms with Crippen LogP contribution < -0.4 is 11.1 Å². The van der Waals surface area contributed by atoms with Crippen LogP contribution in [0, 0.1) is 5.92 Å². The quantitative estimate of drug-likeness (QED) is 0.738. The third-order valence-corrected chi connectivity index (χ3v) is 2.56. The number of nitrogens with two attached hydrogens (primary N) is 1. The second-order valence-electron chi connectivity index (χ2n) is 3.76. The summed E-state index contributed by atoms with van der Waals surface area (Å²) in [5.74, 6) is -0.293. The Kier molecular flexibility index (Phi) is 4.73. The molecule has 0 fully saturated rings. The van der Waals surface area contributed by atoms with Gasteiger partial charge >= 0.3 is 0 Å². The fraction of sp³-hybridized carbons (Fsp3) is 0.308. The topological polar surface area (TPSA) is 55.1 Å². The van der Waals surface area contributed by atoms with Gasteiger partial charge in [0.25, 0.3) is 0 Å². The minimum atomic E-state index is -0.272. The lowest BCUT2D eigenvalue weighted by atomic mass is 9.95. The number of rotatable bonds is 5. The van der Waals surface area contributed by atoms with Gasteiger partial charge in [0.05, 0.1) is 5.92 Å². The van der Waals surface area contributed by atoms with Gasteiger partial charge in [-0.25, -0.2) is 0 Å². The maximum atomic E-state index is 11.7. The molecule has 86 valence electrons. The van der Waals surface area contributed by atoms with E-state index < -0.39 is 0 Å². The van der Waals surface area contributed by atoms with Gasteiger partial charge in [0, 0.05) is 12.6 Å². The Morgan fingerprint density at radius 2 is 2.12 bits per heavy atom. The van der Waals surface area contributed by atoms with Gasteiger partial charge in [-0.2, -0.15) is 0 Å². The molecule has 0 aromatic heterocycles. The standard InChI is InChI=1S/C13H18N2O/c1-3-9-15-13(16)10(2)12(14)11-7-5-4-6-8-11/h3-8,10,12H,1,9,14H2,2H3,(H,15,16). The molecule has 0 saturated carbocycles. The van der Waals surface area contributed by atoms with Gasteiger partial charge in [-0.05, 0) is 5.56 Å². The molecule has 0 aliphatic carbocycles.